The minimum atomic E-state index is -3.96. The lowest BCUT2D eigenvalue weighted by atomic mass is 10.0. The Balaban J connectivity index is 1.67. The number of anilines is 1. The maximum atomic E-state index is 14.4. The van der Waals surface area contributed by atoms with Gasteiger partial charge in [-0.1, -0.05) is 36.2 Å². The molecule has 14 heteroatoms. The average Bonchev–Trinajstić information content (AvgIpc) is 3.06. The average molecular weight is 736 g/mol. The first-order valence-corrected chi connectivity index (χ1v) is 19.6. The number of fused-ring (bicyclic) bond motifs is 1. The van der Waals surface area contributed by atoms with Crippen LogP contribution in [0.15, 0.2) is 76.5 Å². The second kappa shape index (κ2) is 16.7. The Morgan fingerprint density at radius 1 is 1.00 bits per heavy atom. The van der Waals surface area contributed by atoms with E-state index in [1.807, 2.05) is 20.8 Å². The van der Waals surface area contributed by atoms with Crippen LogP contribution in [0.1, 0.15) is 56.0 Å². The number of ether oxygens (including phenoxy) is 2. The van der Waals surface area contributed by atoms with Gasteiger partial charge in [0.25, 0.3) is 15.9 Å². The molecule has 0 radical (unpaired) electrons. The van der Waals surface area contributed by atoms with Gasteiger partial charge in [-0.15, -0.1) is 0 Å². The van der Waals surface area contributed by atoms with Crippen molar-refractivity contribution in [1.29, 1.82) is 0 Å². The number of sulfonamides is 2. The number of benzene rings is 3. The molecule has 3 aromatic carbocycles. The Morgan fingerprint density at radius 2 is 1.65 bits per heavy atom. The fourth-order valence-corrected chi connectivity index (χ4v) is 7.88. The van der Waals surface area contributed by atoms with Crippen molar-refractivity contribution in [3.63, 3.8) is 0 Å². The van der Waals surface area contributed by atoms with Gasteiger partial charge in [-0.3, -0.25) is 9.52 Å². The van der Waals surface area contributed by atoms with E-state index in [2.05, 4.69) is 4.72 Å². The summed E-state index contributed by atoms with van der Waals surface area (Å²) < 4.78 is 69.6. The van der Waals surface area contributed by atoms with E-state index in [1.54, 1.807) is 31.2 Å². The van der Waals surface area contributed by atoms with Crippen LogP contribution in [0.3, 0.4) is 0 Å². The first-order chi connectivity index (χ1) is 23.1. The number of rotatable bonds is 9. The highest BCUT2D eigenvalue weighted by atomic mass is 35.5. The van der Waals surface area contributed by atoms with Crippen LogP contribution in [0.5, 0.6) is 5.75 Å². The maximum absolute atomic E-state index is 14.4. The number of likely N-dealkylation sites (N-methyl/N-ethyl adjacent to an activating group) is 1. The maximum Gasteiger partial charge on any atom is 0.261 e. The summed E-state index contributed by atoms with van der Waals surface area (Å²) in [6.45, 7) is 7.48. The van der Waals surface area contributed by atoms with E-state index >= 15 is 0 Å². The summed E-state index contributed by atoms with van der Waals surface area (Å²) >= 11 is 5.98. The van der Waals surface area contributed by atoms with Crippen LogP contribution in [0.2, 0.25) is 5.02 Å². The fourth-order valence-electron chi connectivity index (χ4n) is 5.52. The van der Waals surface area contributed by atoms with Crippen LogP contribution in [-0.2, 0) is 24.8 Å². The fraction of sp³-hybridized carbons (Fsp3) is 0.457. The van der Waals surface area contributed by atoms with E-state index in [-0.39, 0.29) is 58.5 Å². The third-order valence-electron chi connectivity index (χ3n) is 8.59. The zero-order valence-corrected chi connectivity index (χ0v) is 30.9. The van der Waals surface area contributed by atoms with Crippen LogP contribution in [0, 0.1) is 12.8 Å². The van der Waals surface area contributed by atoms with E-state index in [9.17, 15) is 26.7 Å². The number of carbonyl (C=O) groups is 1. The molecule has 3 aromatic rings. The largest absolute Gasteiger partial charge is 0.490 e. The summed E-state index contributed by atoms with van der Waals surface area (Å²) in [6.07, 6.45) is 1.23. The van der Waals surface area contributed by atoms with Crippen molar-refractivity contribution in [3.05, 3.63) is 82.9 Å². The van der Waals surface area contributed by atoms with Crippen molar-refractivity contribution in [2.75, 3.05) is 38.1 Å². The van der Waals surface area contributed by atoms with Crippen molar-refractivity contribution in [1.82, 2.24) is 9.21 Å². The van der Waals surface area contributed by atoms with Crippen LogP contribution in [0.4, 0.5) is 5.69 Å². The van der Waals surface area contributed by atoms with Gasteiger partial charge in [0.15, 0.2) is 0 Å². The highest BCUT2D eigenvalue weighted by Crippen LogP contribution is 2.30. The molecule has 0 fully saturated rings. The molecule has 0 saturated heterocycles. The van der Waals surface area contributed by atoms with Gasteiger partial charge in [0.05, 0.1) is 40.2 Å². The second-order valence-corrected chi connectivity index (χ2v) is 16.8. The van der Waals surface area contributed by atoms with Crippen molar-refractivity contribution in [3.8, 4) is 5.75 Å². The van der Waals surface area contributed by atoms with Crippen molar-refractivity contribution in [2.45, 2.75) is 75.0 Å². The molecule has 4 rings (SSSR count). The number of carbonyl (C=O) groups excluding carboxylic acids is 1. The number of nitrogens with one attached hydrogen (secondary N) is 1. The summed E-state index contributed by atoms with van der Waals surface area (Å²) in [7, 11) is -6.35. The topological polar surface area (TPSA) is 143 Å². The number of hydrogen-bond donors (Lipinski definition) is 2. The van der Waals surface area contributed by atoms with Gasteiger partial charge >= 0.3 is 0 Å². The Bertz CT molecular complexity index is 1790. The van der Waals surface area contributed by atoms with Gasteiger partial charge in [0.1, 0.15) is 5.75 Å². The lowest BCUT2D eigenvalue weighted by Crippen LogP contribution is -2.48. The summed E-state index contributed by atoms with van der Waals surface area (Å²) in [5.74, 6) is -0.572. The first kappa shape index (κ1) is 38.6. The SMILES string of the molecule is Cc1ccc(S(=O)(=O)Nc2ccc3c(c2)C(=O)N([C@H](C)CO)C[C@@H](C)[C@H](CN(C)S(=O)(=O)c2ccc(Cl)cc2)OCCCC[C@@H](C)O3)cc1. The lowest BCUT2D eigenvalue weighted by molar-refractivity contribution is -0.00833. The lowest BCUT2D eigenvalue weighted by Gasteiger charge is -2.35. The van der Waals surface area contributed by atoms with Crippen LogP contribution < -0.4 is 9.46 Å². The molecule has 268 valence electrons. The normalized spacial score (nSPS) is 20.6. The number of aliphatic hydroxyl groups excluding tert-OH is 1. The number of nitrogens with zero attached hydrogens (tertiary/aromatic N) is 2. The molecule has 1 amide bonds. The summed E-state index contributed by atoms with van der Waals surface area (Å²) in [4.78, 5) is 16.0. The third-order valence-corrected chi connectivity index (χ3v) is 12.1. The van der Waals surface area contributed by atoms with Gasteiger partial charge in [-0.05, 0) is 94.6 Å². The molecule has 11 nitrogen and oxygen atoms in total. The number of amides is 1. The predicted octanol–water partition coefficient (Wildman–Crippen LogP) is 5.57. The molecule has 0 aliphatic carbocycles. The molecule has 0 aromatic heterocycles. The molecule has 0 bridgehead atoms. The standard InChI is InChI=1S/C35H46ClN3O8S2/c1-24-9-14-30(15-10-24)48(42,43)37-29-13-18-33-32(20-29)35(41)39(26(3)23-40)21-25(2)34(46-19-7-6-8-27(4)47-33)22-38(5)49(44,45)31-16-11-28(36)12-17-31/h9-18,20,25-27,34,37,40H,6-8,19,21-23H2,1-5H3/t25-,26-,27-,34+/m1/s1. The zero-order chi connectivity index (χ0) is 35.9. The highest BCUT2D eigenvalue weighted by molar-refractivity contribution is 7.92. The van der Waals surface area contributed by atoms with Crippen molar-refractivity contribution < 1.29 is 36.2 Å². The Hall–Kier alpha value is -3.20. The summed E-state index contributed by atoms with van der Waals surface area (Å²) in [5, 5.41) is 10.6. The molecule has 0 spiro atoms. The van der Waals surface area contributed by atoms with Gasteiger partial charge in [-0.2, -0.15) is 4.31 Å². The van der Waals surface area contributed by atoms with Crippen LogP contribution in [0.25, 0.3) is 0 Å². The van der Waals surface area contributed by atoms with E-state index in [4.69, 9.17) is 21.1 Å². The van der Waals surface area contributed by atoms with E-state index in [0.717, 1.165) is 12.0 Å². The van der Waals surface area contributed by atoms with Crippen molar-refractivity contribution in [2.24, 2.45) is 5.92 Å². The summed E-state index contributed by atoms with van der Waals surface area (Å²) in [6, 6.07) is 16.3. The molecule has 4 atom stereocenters. The number of halogens is 1. The zero-order valence-electron chi connectivity index (χ0n) is 28.5. The minimum absolute atomic E-state index is 0.0166. The Kier molecular flexibility index (Phi) is 13.1. The first-order valence-electron chi connectivity index (χ1n) is 16.3. The van der Waals surface area contributed by atoms with Crippen LogP contribution in [-0.4, -0.2) is 88.7 Å². The van der Waals surface area contributed by atoms with Gasteiger partial charge in [0, 0.05) is 43.4 Å². The number of hydrogen-bond acceptors (Lipinski definition) is 8. The molecule has 2 N–H and O–H groups in total. The van der Waals surface area contributed by atoms with Gasteiger partial charge in [-0.25, -0.2) is 16.8 Å². The molecule has 0 unspecified atom stereocenters. The van der Waals surface area contributed by atoms with Gasteiger partial charge in [0.2, 0.25) is 10.0 Å². The highest BCUT2D eigenvalue weighted by Gasteiger charge is 2.32. The van der Waals surface area contributed by atoms with Gasteiger partial charge < -0.3 is 19.5 Å². The minimum Gasteiger partial charge on any atom is -0.490 e. The number of aryl methyl sites for hydroxylation is 1. The monoisotopic (exact) mass is 735 g/mol. The van der Waals surface area contributed by atoms with Crippen LogP contribution >= 0.6 is 11.6 Å². The quantitative estimate of drug-likeness (QED) is 0.291. The molecule has 1 heterocycles. The Labute approximate surface area is 295 Å². The molecule has 0 saturated carbocycles. The van der Waals surface area contributed by atoms with E-state index in [1.165, 1.54) is 58.7 Å². The van der Waals surface area contributed by atoms with E-state index in [0.29, 0.717) is 24.5 Å². The number of aliphatic hydroxyl groups is 1. The molecule has 49 heavy (non-hydrogen) atoms. The summed E-state index contributed by atoms with van der Waals surface area (Å²) in [5.41, 5.74) is 1.21. The van der Waals surface area contributed by atoms with Crippen molar-refractivity contribution >= 4 is 43.2 Å². The Morgan fingerprint density at radius 3 is 2.31 bits per heavy atom. The predicted molar refractivity (Wildman–Crippen MR) is 190 cm³/mol. The van der Waals surface area contributed by atoms with E-state index < -0.39 is 38.1 Å². The second-order valence-electron chi connectivity index (χ2n) is 12.7. The molecular weight excluding hydrogens is 690 g/mol. The molecule has 1 aliphatic heterocycles. The smallest absolute Gasteiger partial charge is 0.261 e. The third kappa shape index (κ3) is 9.95. The molecule has 1 aliphatic rings. The molecular formula is C35H46ClN3O8S2.